The lowest BCUT2D eigenvalue weighted by molar-refractivity contribution is 0.537. The first kappa shape index (κ1) is 13.0. The van der Waals surface area contributed by atoms with Gasteiger partial charge in [-0.3, -0.25) is 0 Å². The number of aromatic nitrogens is 2. The number of aryl methyl sites for hydroxylation is 1. The van der Waals surface area contributed by atoms with Gasteiger partial charge in [0.25, 0.3) is 10.0 Å². The molecule has 1 aromatic rings. The lowest BCUT2D eigenvalue weighted by Gasteiger charge is -2.13. The van der Waals surface area contributed by atoms with Crippen LogP contribution in [0.25, 0.3) is 0 Å². The van der Waals surface area contributed by atoms with Gasteiger partial charge >= 0.3 is 0 Å². The lowest BCUT2D eigenvalue weighted by atomic mass is 10.2. The molecule has 0 aromatic carbocycles. The highest BCUT2D eigenvalue weighted by Crippen LogP contribution is 2.15. The second kappa shape index (κ2) is 4.84. The SMILES string of the molecule is CCCC(C)NS(=O)(=O)c1c(N)ncn1C. The Bertz CT molecular complexity index is 433. The minimum absolute atomic E-state index is 0.0236. The Kier molecular flexibility index (Phi) is 3.93. The van der Waals surface area contributed by atoms with E-state index in [1.54, 1.807) is 7.05 Å². The third kappa shape index (κ3) is 2.73. The molecule has 0 amide bonds. The molecule has 92 valence electrons. The van der Waals surface area contributed by atoms with Gasteiger partial charge < -0.3 is 10.3 Å². The third-order valence-corrected chi connectivity index (χ3v) is 3.96. The fraction of sp³-hybridized carbons (Fsp3) is 0.667. The number of anilines is 1. The van der Waals surface area contributed by atoms with Gasteiger partial charge in [-0.1, -0.05) is 13.3 Å². The summed E-state index contributed by atoms with van der Waals surface area (Å²) in [5, 5.41) is 0.0236. The maximum Gasteiger partial charge on any atom is 0.260 e. The Hall–Kier alpha value is -1.08. The summed E-state index contributed by atoms with van der Waals surface area (Å²) >= 11 is 0. The number of rotatable bonds is 5. The van der Waals surface area contributed by atoms with Crippen molar-refractivity contribution in [1.29, 1.82) is 0 Å². The molecule has 0 saturated heterocycles. The van der Waals surface area contributed by atoms with Crippen molar-refractivity contribution in [2.24, 2.45) is 7.05 Å². The average Bonchev–Trinajstić information content (AvgIpc) is 2.45. The quantitative estimate of drug-likeness (QED) is 0.790. The van der Waals surface area contributed by atoms with Crippen LogP contribution < -0.4 is 10.5 Å². The van der Waals surface area contributed by atoms with Crippen LogP contribution in [0.4, 0.5) is 5.82 Å². The van der Waals surface area contributed by atoms with Gasteiger partial charge in [0.1, 0.15) is 0 Å². The summed E-state index contributed by atoms with van der Waals surface area (Å²) in [7, 11) is -1.97. The van der Waals surface area contributed by atoms with Crippen molar-refractivity contribution in [2.45, 2.75) is 37.8 Å². The van der Waals surface area contributed by atoms with Crippen molar-refractivity contribution < 1.29 is 8.42 Å². The molecule has 16 heavy (non-hydrogen) atoms. The number of nitrogens with two attached hydrogens (primary N) is 1. The van der Waals surface area contributed by atoms with Gasteiger partial charge in [-0.15, -0.1) is 0 Å². The minimum atomic E-state index is -3.57. The summed E-state index contributed by atoms with van der Waals surface area (Å²) in [6.45, 7) is 3.83. The highest BCUT2D eigenvalue weighted by Gasteiger charge is 2.23. The molecule has 0 aliphatic rings. The summed E-state index contributed by atoms with van der Waals surface area (Å²) in [5.74, 6) is 0.0266. The van der Waals surface area contributed by atoms with E-state index in [4.69, 9.17) is 5.73 Å². The summed E-state index contributed by atoms with van der Waals surface area (Å²) in [6.07, 6.45) is 3.09. The molecule has 0 saturated carbocycles. The first-order valence-electron chi connectivity index (χ1n) is 5.17. The third-order valence-electron chi connectivity index (χ3n) is 2.24. The minimum Gasteiger partial charge on any atom is -0.381 e. The summed E-state index contributed by atoms with van der Waals surface area (Å²) in [6, 6.07) is -0.107. The van der Waals surface area contributed by atoms with Crippen LogP contribution in [0.3, 0.4) is 0 Å². The second-order valence-electron chi connectivity index (χ2n) is 3.86. The van der Waals surface area contributed by atoms with Crippen LogP contribution >= 0.6 is 0 Å². The van der Waals surface area contributed by atoms with Crippen LogP contribution in [0.15, 0.2) is 11.4 Å². The Morgan fingerprint density at radius 2 is 2.25 bits per heavy atom. The molecule has 6 nitrogen and oxygen atoms in total. The molecule has 0 bridgehead atoms. The first-order chi connectivity index (χ1) is 7.38. The van der Waals surface area contributed by atoms with E-state index in [1.807, 2.05) is 13.8 Å². The van der Waals surface area contributed by atoms with Crippen LogP contribution in [0, 0.1) is 0 Å². The number of hydrogen-bond donors (Lipinski definition) is 2. The monoisotopic (exact) mass is 246 g/mol. The highest BCUT2D eigenvalue weighted by molar-refractivity contribution is 7.89. The first-order valence-corrected chi connectivity index (χ1v) is 6.66. The van der Waals surface area contributed by atoms with Crippen molar-refractivity contribution in [2.75, 3.05) is 5.73 Å². The van der Waals surface area contributed by atoms with E-state index in [1.165, 1.54) is 10.9 Å². The molecule has 1 heterocycles. The number of nitrogen functional groups attached to an aromatic ring is 1. The Balaban J connectivity index is 2.95. The highest BCUT2D eigenvalue weighted by atomic mass is 32.2. The van der Waals surface area contributed by atoms with Crippen LogP contribution in [0.2, 0.25) is 0 Å². The molecule has 1 rings (SSSR count). The predicted octanol–water partition coefficient (Wildman–Crippen LogP) is 0.469. The van der Waals surface area contributed by atoms with Crippen LogP contribution in [0.5, 0.6) is 0 Å². The number of nitrogens with one attached hydrogen (secondary N) is 1. The fourth-order valence-electron chi connectivity index (χ4n) is 1.58. The van der Waals surface area contributed by atoms with Crippen LogP contribution in [-0.2, 0) is 17.1 Å². The van der Waals surface area contributed by atoms with Gasteiger partial charge in [-0.05, 0) is 13.3 Å². The van der Waals surface area contributed by atoms with E-state index in [0.717, 1.165) is 12.8 Å². The van der Waals surface area contributed by atoms with E-state index in [9.17, 15) is 8.42 Å². The van der Waals surface area contributed by atoms with E-state index >= 15 is 0 Å². The molecular formula is C9H18N4O2S. The molecule has 1 unspecified atom stereocenters. The number of sulfonamides is 1. The van der Waals surface area contributed by atoms with Crippen LogP contribution in [0.1, 0.15) is 26.7 Å². The topological polar surface area (TPSA) is 90.0 Å². The van der Waals surface area contributed by atoms with E-state index in [0.29, 0.717) is 0 Å². The Morgan fingerprint density at radius 3 is 2.69 bits per heavy atom. The molecular weight excluding hydrogens is 228 g/mol. The zero-order valence-corrected chi connectivity index (χ0v) is 10.6. The predicted molar refractivity (Wildman–Crippen MR) is 62.3 cm³/mol. The Morgan fingerprint density at radius 1 is 1.62 bits per heavy atom. The fourth-order valence-corrected chi connectivity index (χ4v) is 3.09. The number of nitrogens with zero attached hydrogens (tertiary/aromatic N) is 2. The molecule has 0 aliphatic carbocycles. The Labute approximate surface area is 95.9 Å². The van der Waals surface area contributed by atoms with Gasteiger partial charge in [0.2, 0.25) is 0 Å². The molecule has 3 N–H and O–H groups in total. The summed E-state index contributed by atoms with van der Waals surface area (Å²) < 4.78 is 27.9. The van der Waals surface area contributed by atoms with E-state index < -0.39 is 10.0 Å². The molecule has 0 spiro atoms. The van der Waals surface area contributed by atoms with E-state index in [2.05, 4.69) is 9.71 Å². The van der Waals surface area contributed by atoms with Gasteiger partial charge in [-0.25, -0.2) is 18.1 Å². The molecule has 0 radical (unpaired) electrons. The standard InChI is InChI=1S/C9H18N4O2S/c1-4-5-7(2)12-16(14,15)9-8(10)11-6-13(9)3/h6-7,12H,4-5,10H2,1-3H3. The molecule has 7 heteroatoms. The zero-order valence-electron chi connectivity index (χ0n) is 9.77. The molecule has 0 aliphatic heterocycles. The second-order valence-corrected chi connectivity index (χ2v) is 5.49. The number of imidazole rings is 1. The lowest BCUT2D eigenvalue weighted by Crippen LogP contribution is -2.33. The largest absolute Gasteiger partial charge is 0.381 e. The molecule has 1 aromatic heterocycles. The van der Waals surface area contributed by atoms with Crippen molar-refractivity contribution in [1.82, 2.24) is 14.3 Å². The van der Waals surface area contributed by atoms with Gasteiger partial charge in [-0.2, -0.15) is 0 Å². The van der Waals surface area contributed by atoms with Crippen LogP contribution in [-0.4, -0.2) is 24.0 Å². The van der Waals surface area contributed by atoms with Crippen molar-refractivity contribution >= 4 is 15.8 Å². The zero-order chi connectivity index (χ0) is 12.3. The van der Waals surface area contributed by atoms with E-state index in [-0.39, 0.29) is 16.9 Å². The number of hydrogen-bond acceptors (Lipinski definition) is 4. The van der Waals surface area contributed by atoms with Gasteiger partial charge in [0, 0.05) is 13.1 Å². The summed E-state index contributed by atoms with van der Waals surface area (Å²) in [4.78, 5) is 3.76. The normalized spacial score (nSPS) is 13.9. The van der Waals surface area contributed by atoms with Crippen molar-refractivity contribution in [3.63, 3.8) is 0 Å². The van der Waals surface area contributed by atoms with Crippen molar-refractivity contribution in [3.05, 3.63) is 6.33 Å². The molecule has 0 fully saturated rings. The maximum atomic E-state index is 12.0. The van der Waals surface area contributed by atoms with Gasteiger partial charge in [0.05, 0.1) is 6.33 Å². The average molecular weight is 246 g/mol. The molecule has 1 atom stereocenters. The van der Waals surface area contributed by atoms with Gasteiger partial charge in [0.15, 0.2) is 10.8 Å². The summed E-state index contributed by atoms with van der Waals surface area (Å²) in [5.41, 5.74) is 5.53. The maximum absolute atomic E-state index is 12.0. The van der Waals surface area contributed by atoms with Crippen molar-refractivity contribution in [3.8, 4) is 0 Å². The smallest absolute Gasteiger partial charge is 0.260 e.